The van der Waals surface area contributed by atoms with Gasteiger partial charge in [-0.25, -0.2) is 9.97 Å². The third-order valence-corrected chi connectivity index (χ3v) is 4.47. The molecule has 0 N–H and O–H groups in total. The normalized spacial score (nSPS) is 18.1. The Bertz CT molecular complexity index is 447. The van der Waals surface area contributed by atoms with Crippen LogP contribution in [0.3, 0.4) is 0 Å². The van der Waals surface area contributed by atoms with Crippen LogP contribution < -0.4 is 0 Å². The first-order chi connectivity index (χ1) is 10.0. The smallest absolute Gasteiger partial charge is 0.188 e. The molecule has 1 fully saturated rings. The summed E-state index contributed by atoms with van der Waals surface area (Å²) in [7, 11) is 0. The van der Waals surface area contributed by atoms with E-state index in [9.17, 15) is 0 Å². The molecule has 0 amide bonds. The molecule has 2 rings (SSSR count). The molecule has 1 aromatic rings. The maximum absolute atomic E-state index is 5.40. The lowest BCUT2D eigenvalue weighted by Crippen LogP contribution is -2.35. The third kappa shape index (κ3) is 5.93. The summed E-state index contributed by atoms with van der Waals surface area (Å²) < 4.78 is 5.40. The Morgan fingerprint density at radius 1 is 1.24 bits per heavy atom. The highest BCUT2D eigenvalue weighted by Crippen LogP contribution is 2.25. The molecule has 2 heterocycles. The van der Waals surface area contributed by atoms with Crippen LogP contribution in [0.15, 0.2) is 11.2 Å². The van der Waals surface area contributed by atoms with E-state index in [0.717, 1.165) is 49.4 Å². The van der Waals surface area contributed by atoms with E-state index in [4.69, 9.17) is 9.72 Å². The van der Waals surface area contributed by atoms with E-state index < -0.39 is 0 Å². The molecule has 1 unspecified atom stereocenters. The second-order valence-corrected chi connectivity index (χ2v) is 7.64. The summed E-state index contributed by atoms with van der Waals surface area (Å²) in [5, 5.41) is 1.48. The zero-order valence-corrected chi connectivity index (χ0v) is 14.4. The fourth-order valence-electron chi connectivity index (χ4n) is 2.62. The molecule has 1 atom stereocenters. The van der Waals surface area contributed by atoms with Gasteiger partial charge in [-0.3, -0.25) is 4.90 Å². The molecule has 5 heteroatoms. The van der Waals surface area contributed by atoms with Crippen molar-refractivity contribution in [3.05, 3.63) is 17.5 Å². The lowest BCUT2D eigenvalue weighted by molar-refractivity contribution is 0.0335. The summed E-state index contributed by atoms with van der Waals surface area (Å²) in [5.74, 6) is 0.713. The van der Waals surface area contributed by atoms with Crippen molar-refractivity contribution in [3.8, 4) is 0 Å². The van der Waals surface area contributed by atoms with Crippen molar-refractivity contribution in [3.63, 3.8) is 0 Å². The molecule has 0 bridgehead atoms. The van der Waals surface area contributed by atoms with Crippen LogP contribution in [0.2, 0.25) is 0 Å². The molecule has 0 aromatic carbocycles. The number of aromatic nitrogens is 2. The second kappa shape index (κ2) is 8.11. The fraction of sp³-hybridized carbons (Fsp3) is 0.750. The number of thioether (sulfide) groups is 1. The van der Waals surface area contributed by atoms with Crippen LogP contribution in [0.25, 0.3) is 0 Å². The van der Waals surface area contributed by atoms with Crippen LogP contribution in [0.5, 0.6) is 0 Å². The Morgan fingerprint density at radius 3 is 2.62 bits per heavy atom. The Balaban J connectivity index is 1.98. The largest absolute Gasteiger partial charge is 0.379 e. The molecule has 0 radical (unpaired) electrons. The summed E-state index contributed by atoms with van der Waals surface area (Å²) in [6, 6.07) is 2.10. The zero-order valence-electron chi connectivity index (χ0n) is 13.6. The van der Waals surface area contributed by atoms with Gasteiger partial charge in [0.15, 0.2) is 5.16 Å². The molecule has 1 saturated heterocycles. The molecule has 0 aliphatic carbocycles. The van der Waals surface area contributed by atoms with Gasteiger partial charge >= 0.3 is 0 Å². The summed E-state index contributed by atoms with van der Waals surface area (Å²) in [6.07, 6.45) is 1.20. The van der Waals surface area contributed by atoms with Gasteiger partial charge in [-0.15, -0.1) is 0 Å². The predicted molar refractivity (Wildman–Crippen MR) is 87.6 cm³/mol. The molecule has 4 nitrogen and oxygen atoms in total. The average Bonchev–Trinajstić information content (AvgIpc) is 2.37. The van der Waals surface area contributed by atoms with Crippen LogP contribution in [0.4, 0.5) is 0 Å². The molecular weight excluding hydrogens is 282 g/mol. The minimum atomic E-state index is 0.558. The molecular formula is C16H27N3OS. The molecule has 118 valence electrons. The predicted octanol–water partition coefficient (Wildman–Crippen LogP) is 3.14. The highest BCUT2D eigenvalue weighted by molar-refractivity contribution is 7.99. The van der Waals surface area contributed by atoms with Crippen molar-refractivity contribution in [1.29, 1.82) is 0 Å². The molecule has 0 saturated carbocycles. The van der Waals surface area contributed by atoms with Crippen molar-refractivity contribution in [1.82, 2.24) is 14.9 Å². The van der Waals surface area contributed by atoms with Crippen molar-refractivity contribution in [2.45, 2.75) is 51.1 Å². The van der Waals surface area contributed by atoms with Gasteiger partial charge in [-0.05, 0) is 25.3 Å². The summed E-state index contributed by atoms with van der Waals surface area (Å²) in [5.41, 5.74) is 2.19. The Hall–Kier alpha value is -0.650. The van der Waals surface area contributed by atoms with Crippen LogP contribution in [-0.4, -0.2) is 46.4 Å². The average molecular weight is 309 g/mol. The number of morpholine rings is 1. The topological polar surface area (TPSA) is 38.2 Å². The van der Waals surface area contributed by atoms with Crippen LogP contribution in [0, 0.1) is 12.8 Å². The van der Waals surface area contributed by atoms with Gasteiger partial charge in [0.1, 0.15) is 0 Å². The first-order valence-electron chi connectivity index (χ1n) is 7.84. The monoisotopic (exact) mass is 309 g/mol. The molecule has 1 aliphatic rings. The second-order valence-electron chi connectivity index (χ2n) is 6.23. The minimum Gasteiger partial charge on any atom is -0.379 e. The van der Waals surface area contributed by atoms with Crippen molar-refractivity contribution in [2.75, 3.05) is 26.3 Å². The zero-order chi connectivity index (χ0) is 15.2. The van der Waals surface area contributed by atoms with Gasteiger partial charge in [-0.2, -0.15) is 0 Å². The van der Waals surface area contributed by atoms with Gasteiger partial charge < -0.3 is 4.74 Å². The van der Waals surface area contributed by atoms with Crippen molar-refractivity contribution in [2.24, 2.45) is 5.92 Å². The number of aryl methyl sites for hydroxylation is 1. The minimum absolute atomic E-state index is 0.558. The van der Waals surface area contributed by atoms with Gasteiger partial charge in [0.25, 0.3) is 0 Å². The van der Waals surface area contributed by atoms with E-state index in [1.807, 2.05) is 0 Å². The quantitative estimate of drug-likeness (QED) is 0.596. The number of hydrogen-bond acceptors (Lipinski definition) is 5. The highest BCUT2D eigenvalue weighted by Gasteiger charge is 2.14. The van der Waals surface area contributed by atoms with Crippen molar-refractivity contribution >= 4 is 11.8 Å². The van der Waals surface area contributed by atoms with Gasteiger partial charge in [-0.1, -0.05) is 32.5 Å². The number of hydrogen-bond donors (Lipinski definition) is 0. The summed E-state index contributed by atoms with van der Waals surface area (Å²) >= 11 is 1.80. The third-order valence-electron chi connectivity index (χ3n) is 3.49. The molecule has 1 aromatic heterocycles. The standard InChI is InChI=1S/C16H27N3OS/c1-12(2)9-14(4)21-16-17-13(3)10-15(18-16)11-19-5-7-20-8-6-19/h10,12,14H,5-9,11H2,1-4H3. The Morgan fingerprint density at radius 2 is 1.95 bits per heavy atom. The summed E-state index contributed by atoms with van der Waals surface area (Å²) in [6.45, 7) is 13.4. The molecule has 21 heavy (non-hydrogen) atoms. The van der Waals surface area contributed by atoms with E-state index in [-0.39, 0.29) is 0 Å². The summed E-state index contributed by atoms with van der Waals surface area (Å²) in [4.78, 5) is 11.7. The number of nitrogens with zero attached hydrogens (tertiary/aromatic N) is 3. The number of ether oxygens (including phenoxy) is 1. The maximum atomic E-state index is 5.40. The first kappa shape index (κ1) is 16.7. The lowest BCUT2D eigenvalue weighted by atomic mass is 10.1. The van der Waals surface area contributed by atoms with Crippen LogP contribution in [0.1, 0.15) is 38.6 Å². The van der Waals surface area contributed by atoms with Gasteiger partial charge in [0, 0.05) is 30.6 Å². The van der Waals surface area contributed by atoms with E-state index in [0.29, 0.717) is 11.2 Å². The van der Waals surface area contributed by atoms with E-state index in [1.165, 1.54) is 6.42 Å². The van der Waals surface area contributed by atoms with Crippen LogP contribution >= 0.6 is 11.8 Å². The molecule has 1 aliphatic heterocycles. The first-order valence-corrected chi connectivity index (χ1v) is 8.72. The van der Waals surface area contributed by atoms with Crippen molar-refractivity contribution < 1.29 is 4.74 Å². The van der Waals surface area contributed by atoms with Gasteiger partial charge in [0.2, 0.25) is 0 Å². The molecule has 0 spiro atoms. The Labute approximate surface area is 132 Å². The van der Waals surface area contributed by atoms with E-state index in [1.54, 1.807) is 11.8 Å². The van der Waals surface area contributed by atoms with E-state index >= 15 is 0 Å². The van der Waals surface area contributed by atoms with Gasteiger partial charge in [0.05, 0.1) is 18.9 Å². The fourth-order valence-corrected chi connectivity index (χ4v) is 3.83. The van der Waals surface area contributed by atoms with Crippen LogP contribution in [-0.2, 0) is 11.3 Å². The van der Waals surface area contributed by atoms with E-state index in [2.05, 4.69) is 43.6 Å². The highest BCUT2D eigenvalue weighted by atomic mass is 32.2. The number of rotatable bonds is 6. The Kier molecular flexibility index (Phi) is 6.45. The lowest BCUT2D eigenvalue weighted by Gasteiger charge is -2.26. The maximum Gasteiger partial charge on any atom is 0.188 e. The SMILES string of the molecule is Cc1cc(CN2CCOCC2)nc(SC(C)CC(C)C)n1.